The van der Waals surface area contributed by atoms with Crippen molar-refractivity contribution in [3.63, 3.8) is 0 Å². The molecule has 0 unspecified atom stereocenters. The highest BCUT2D eigenvalue weighted by atomic mass is 79.9. The van der Waals surface area contributed by atoms with E-state index in [-0.39, 0.29) is 17.0 Å². The van der Waals surface area contributed by atoms with E-state index in [2.05, 4.69) is 13.5 Å². The van der Waals surface area contributed by atoms with Crippen LogP contribution in [0.2, 0.25) is 0 Å². The number of aromatic nitrogens is 2. The molecule has 0 bridgehead atoms. The quantitative estimate of drug-likeness (QED) is 0.636. The number of benzene rings is 2. The SMILES string of the molecule is Br.C=CCn1c(=N)n(CCOc2ccc(C)cc2)c2ccccc21. The number of allylic oxidation sites excluding steroid dienone is 1. The minimum atomic E-state index is 0. The second-order valence-electron chi connectivity index (χ2n) is 5.52. The molecule has 3 aromatic rings. The molecular formula is C19H22BrN3O. The van der Waals surface area contributed by atoms with Gasteiger partial charge in [-0.3, -0.25) is 5.41 Å². The summed E-state index contributed by atoms with van der Waals surface area (Å²) in [7, 11) is 0. The first-order valence-corrected chi connectivity index (χ1v) is 7.73. The van der Waals surface area contributed by atoms with Crippen molar-refractivity contribution in [3.8, 4) is 5.75 Å². The maximum absolute atomic E-state index is 8.41. The van der Waals surface area contributed by atoms with Crippen molar-refractivity contribution in [1.29, 1.82) is 5.41 Å². The number of aryl methyl sites for hydroxylation is 1. The second-order valence-corrected chi connectivity index (χ2v) is 5.52. The van der Waals surface area contributed by atoms with Crippen molar-refractivity contribution in [2.75, 3.05) is 6.61 Å². The molecule has 0 radical (unpaired) electrons. The van der Waals surface area contributed by atoms with Crippen LogP contribution in [0.4, 0.5) is 0 Å². The van der Waals surface area contributed by atoms with Crippen LogP contribution in [0.25, 0.3) is 11.0 Å². The Kier molecular flexibility index (Phi) is 6.04. The summed E-state index contributed by atoms with van der Waals surface area (Å²) >= 11 is 0. The molecule has 2 aromatic carbocycles. The van der Waals surface area contributed by atoms with Gasteiger partial charge in [0.25, 0.3) is 0 Å². The first-order chi connectivity index (χ1) is 11.2. The van der Waals surface area contributed by atoms with E-state index < -0.39 is 0 Å². The number of fused-ring (bicyclic) bond motifs is 1. The average molecular weight is 388 g/mol. The molecule has 0 aliphatic carbocycles. The maximum Gasteiger partial charge on any atom is 0.203 e. The van der Waals surface area contributed by atoms with Gasteiger partial charge in [-0.05, 0) is 31.2 Å². The first-order valence-electron chi connectivity index (χ1n) is 7.73. The lowest BCUT2D eigenvalue weighted by Gasteiger charge is -2.08. The maximum atomic E-state index is 8.41. The zero-order valence-corrected chi connectivity index (χ0v) is 15.4. The molecule has 4 nitrogen and oxygen atoms in total. The van der Waals surface area contributed by atoms with E-state index in [1.807, 2.05) is 63.7 Å². The summed E-state index contributed by atoms with van der Waals surface area (Å²) in [6.45, 7) is 7.64. The van der Waals surface area contributed by atoms with Crippen LogP contribution in [0, 0.1) is 12.3 Å². The van der Waals surface area contributed by atoms with Gasteiger partial charge in [-0.1, -0.05) is 35.9 Å². The van der Waals surface area contributed by atoms with Crippen molar-refractivity contribution in [2.45, 2.75) is 20.0 Å². The largest absolute Gasteiger partial charge is 0.492 e. The molecule has 0 saturated heterocycles. The summed E-state index contributed by atoms with van der Waals surface area (Å²) in [5.41, 5.74) is 3.78. The van der Waals surface area contributed by atoms with Crippen LogP contribution in [0.3, 0.4) is 0 Å². The van der Waals surface area contributed by atoms with Gasteiger partial charge in [-0.15, -0.1) is 23.6 Å². The molecule has 0 aliphatic rings. The number of rotatable bonds is 6. The molecule has 126 valence electrons. The summed E-state index contributed by atoms with van der Waals surface area (Å²) in [6, 6.07) is 16.1. The van der Waals surface area contributed by atoms with Gasteiger partial charge in [-0.2, -0.15) is 0 Å². The predicted octanol–water partition coefficient (Wildman–Crippen LogP) is 4.07. The topological polar surface area (TPSA) is 42.9 Å². The van der Waals surface area contributed by atoms with Crippen molar-refractivity contribution in [2.24, 2.45) is 0 Å². The molecule has 0 amide bonds. The third kappa shape index (κ3) is 3.62. The van der Waals surface area contributed by atoms with Crippen LogP contribution in [-0.2, 0) is 13.1 Å². The lowest BCUT2D eigenvalue weighted by molar-refractivity contribution is 0.296. The fraction of sp³-hybridized carbons (Fsp3) is 0.211. The van der Waals surface area contributed by atoms with Crippen LogP contribution in [-0.4, -0.2) is 15.7 Å². The highest BCUT2D eigenvalue weighted by Crippen LogP contribution is 2.14. The summed E-state index contributed by atoms with van der Waals surface area (Å²) in [5.74, 6) is 0.859. The fourth-order valence-electron chi connectivity index (χ4n) is 2.72. The van der Waals surface area contributed by atoms with Gasteiger partial charge in [0, 0.05) is 6.54 Å². The monoisotopic (exact) mass is 387 g/mol. The predicted molar refractivity (Wildman–Crippen MR) is 103 cm³/mol. The smallest absolute Gasteiger partial charge is 0.203 e. The highest BCUT2D eigenvalue weighted by molar-refractivity contribution is 8.93. The van der Waals surface area contributed by atoms with Crippen LogP contribution >= 0.6 is 17.0 Å². The van der Waals surface area contributed by atoms with E-state index in [1.165, 1.54) is 5.56 Å². The number of imidazole rings is 1. The van der Waals surface area contributed by atoms with Gasteiger partial charge < -0.3 is 13.9 Å². The van der Waals surface area contributed by atoms with E-state index in [1.54, 1.807) is 0 Å². The summed E-state index contributed by atoms with van der Waals surface area (Å²) in [4.78, 5) is 0. The lowest BCUT2D eigenvalue weighted by Crippen LogP contribution is -2.26. The molecule has 0 aliphatic heterocycles. The van der Waals surface area contributed by atoms with Gasteiger partial charge in [-0.25, -0.2) is 0 Å². The molecule has 0 fully saturated rings. The van der Waals surface area contributed by atoms with Crippen molar-refractivity contribution < 1.29 is 4.74 Å². The Morgan fingerprint density at radius 3 is 2.29 bits per heavy atom. The Labute approximate surface area is 152 Å². The molecule has 24 heavy (non-hydrogen) atoms. The number of nitrogens with one attached hydrogen (secondary N) is 1. The first kappa shape index (κ1) is 18.1. The highest BCUT2D eigenvalue weighted by Gasteiger charge is 2.09. The van der Waals surface area contributed by atoms with E-state index >= 15 is 0 Å². The average Bonchev–Trinajstić information content (AvgIpc) is 2.83. The van der Waals surface area contributed by atoms with Crippen LogP contribution in [0.5, 0.6) is 5.75 Å². The minimum Gasteiger partial charge on any atom is -0.492 e. The van der Waals surface area contributed by atoms with E-state index in [0.29, 0.717) is 25.3 Å². The standard InChI is InChI=1S/C19H21N3O.BrH/c1-3-12-21-17-6-4-5-7-18(17)22(19(21)20)13-14-23-16-10-8-15(2)9-11-16;/h3-11,20H,1,12-14H2,2H3;1H. The summed E-state index contributed by atoms with van der Waals surface area (Å²) in [6.07, 6.45) is 1.82. The normalized spacial score (nSPS) is 10.4. The molecule has 0 spiro atoms. The van der Waals surface area contributed by atoms with E-state index in [0.717, 1.165) is 16.8 Å². The Bertz CT molecular complexity index is 878. The Hall–Kier alpha value is -2.27. The number of ether oxygens (including phenoxy) is 1. The minimum absolute atomic E-state index is 0. The molecule has 1 N–H and O–H groups in total. The molecule has 0 atom stereocenters. The second kappa shape index (κ2) is 8.02. The molecular weight excluding hydrogens is 366 g/mol. The van der Waals surface area contributed by atoms with Crippen molar-refractivity contribution in [3.05, 3.63) is 72.4 Å². The molecule has 3 rings (SSSR count). The Morgan fingerprint density at radius 1 is 1.04 bits per heavy atom. The van der Waals surface area contributed by atoms with Gasteiger partial charge in [0.15, 0.2) is 0 Å². The number of hydrogen-bond donors (Lipinski definition) is 1. The summed E-state index contributed by atoms with van der Waals surface area (Å²) in [5, 5.41) is 8.41. The van der Waals surface area contributed by atoms with Gasteiger partial charge in [0.2, 0.25) is 5.62 Å². The number of nitrogens with zero attached hydrogens (tertiary/aromatic N) is 2. The van der Waals surface area contributed by atoms with E-state index in [9.17, 15) is 0 Å². The lowest BCUT2D eigenvalue weighted by atomic mass is 10.2. The Balaban J connectivity index is 0.00000208. The van der Waals surface area contributed by atoms with Crippen LogP contribution in [0.1, 0.15) is 5.56 Å². The third-order valence-corrected chi connectivity index (χ3v) is 3.89. The number of para-hydroxylation sites is 2. The van der Waals surface area contributed by atoms with Crippen molar-refractivity contribution >= 4 is 28.0 Å². The molecule has 1 heterocycles. The Morgan fingerprint density at radius 2 is 1.67 bits per heavy atom. The summed E-state index contributed by atoms with van der Waals surface area (Å²) < 4.78 is 9.74. The zero-order chi connectivity index (χ0) is 16.2. The van der Waals surface area contributed by atoms with Gasteiger partial charge >= 0.3 is 0 Å². The molecule has 0 saturated carbocycles. The molecule has 5 heteroatoms. The zero-order valence-electron chi connectivity index (χ0n) is 13.7. The van der Waals surface area contributed by atoms with Gasteiger partial charge in [0.1, 0.15) is 12.4 Å². The van der Waals surface area contributed by atoms with Crippen molar-refractivity contribution in [1.82, 2.24) is 9.13 Å². The van der Waals surface area contributed by atoms with Gasteiger partial charge in [0.05, 0.1) is 17.6 Å². The van der Waals surface area contributed by atoms with Crippen LogP contribution in [0.15, 0.2) is 61.2 Å². The molecule has 1 aromatic heterocycles. The number of hydrogen-bond acceptors (Lipinski definition) is 2. The fourth-order valence-corrected chi connectivity index (χ4v) is 2.72. The van der Waals surface area contributed by atoms with Crippen LogP contribution < -0.4 is 10.4 Å². The third-order valence-electron chi connectivity index (χ3n) is 3.89. The number of halogens is 1. The van der Waals surface area contributed by atoms with E-state index in [4.69, 9.17) is 10.1 Å².